The van der Waals surface area contributed by atoms with E-state index in [0.29, 0.717) is 0 Å². The Morgan fingerprint density at radius 1 is 0.639 bits per heavy atom. The molecule has 0 saturated heterocycles. The molecule has 0 bridgehead atoms. The number of benzene rings is 3. The zero-order chi connectivity index (χ0) is 24.8. The number of hydrogen-bond acceptors (Lipinski definition) is 6. The van der Waals surface area contributed by atoms with E-state index in [1.165, 1.54) is 0 Å². The number of hydrogen-bond donors (Lipinski definition) is 0. The molecule has 5 aromatic rings. The third-order valence-electron chi connectivity index (χ3n) is 5.06. The third kappa shape index (κ3) is 7.27. The summed E-state index contributed by atoms with van der Waals surface area (Å²) in [5.41, 5.74) is 5.81. The standard InChI is InChI=1S/C18H14N2O.C12H12N2O/c1-3-7-16(8-4-1)18(17-9-5-2-6-10-17)20-19-13-15-11-12-21-14-15;1-14(12-5-3-2-4-6-12)13-9-11-7-8-15-10-11/h1-14H;2-10H,1H3. The molecule has 2 heterocycles. The molecule has 0 saturated carbocycles. The van der Waals surface area contributed by atoms with Gasteiger partial charge in [-0.3, -0.25) is 5.01 Å². The Hall–Kier alpha value is -4.97. The highest BCUT2D eigenvalue weighted by Gasteiger charge is 2.05. The van der Waals surface area contributed by atoms with Crippen molar-refractivity contribution in [1.29, 1.82) is 0 Å². The number of para-hydroxylation sites is 1. The van der Waals surface area contributed by atoms with Crippen molar-refractivity contribution >= 4 is 23.8 Å². The smallest absolute Gasteiger partial charge is 0.100 e. The van der Waals surface area contributed by atoms with Gasteiger partial charge in [0.15, 0.2) is 0 Å². The third-order valence-corrected chi connectivity index (χ3v) is 5.06. The molecule has 0 aliphatic heterocycles. The van der Waals surface area contributed by atoms with Gasteiger partial charge in [-0.25, -0.2) is 0 Å². The number of rotatable bonds is 7. The number of hydrazone groups is 1. The van der Waals surface area contributed by atoms with Crippen LogP contribution < -0.4 is 5.01 Å². The molecule has 0 spiro atoms. The zero-order valence-corrected chi connectivity index (χ0v) is 19.9. The Morgan fingerprint density at radius 3 is 1.64 bits per heavy atom. The summed E-state index contributed by atoms with van der Waals surface area (Å²) in [6, 6.07) is 33.7. The molecule has 0 N–H and O–H groups in total. The van der Waals surface area contributed by atoms with Crippen molar-refractivity contribution in [1.82, 2.24) is 0 Å². The minimum Gasteiger partial charge on any atom is -0.472 e. The van der Waals surface area contributed by atoms with Crippen molar-refractivity contribution < 1.29 is 8.83 Å². The summed E-state index contributed by atoms with van der Waals surface area (Å²) >= 11 is 0. The molecular formula is C30H26N4O2. The first-order valence-electron chi connectivity index (χ1n) is 11.4. The van der Waals surface area contributed by atoms with Crippen LogP contribution in [-0.4, -0.2) is 25.2 Å². The van der Waals surface area contributed by atoms with Gasteiger partial charge < -0.3 is 8.83 Å². The van der Waals surface area contributed by atoms with Crippen molar-refractivity contribution in [2.75, 3.05) is 12.1 Å². The fourth-order valence-electron chi connectivity index (χ4n) is 3.19. The maximum Gasteiger partial charge on any atom is 0.100 e. The van der Waals surface area contributed by atoms with E-state index in [1.807, 2.05) is 115 Å². The molecule has 3 aromatic carbocycles. The van der Waals surface area contributed by atoms with E-state index in [1.54, 1.807) is 37.5 Å². The van der Waals surface area contributed by atoms with E-state index < -0.39 is 0 Å². The summed E-state index contributed by atoms with van der Waals surface area (Å²) in [5.74, 6) is 0. The lowest BCUT2D eigenvalue weighted by molar-refractivity contribution is 0.567. The molecule has 6 heteroatoms. The molecule has 0 unspecified atom stereocenters. The minimum absolute atomic E-state index is 0.843. The predicted molar refractivity (Wildman–Crippen MR) is 146 cm³/mol. The molecule has 6 nitrogen and oxygen atoms in total. The molecule has 0 fully saturated rings. The maximum atomic E-state index is 5.00. The molecule has 36 heavy (non-hydrogen) atoms. The Kier molecular flexibility index (Phi) is 8.76. The first-order chi connectivity index (χ1) is 17.8. The maximum absolute atomic E-state index is 5.00. The molecule has 178 valence electrons. The van der Waals surface area contributed by atoms with Crippen LogP contribution in [0.2, 0.25) is 0 Å². The Morgan fingerprint density at radius 2 is 1.14 bits per heavy atom. The van der Waals surface area contributed by atoms with Gasteiger partial charge in [0, 0.05) is 29.3 Å². The monoisotopic (exact) mass is 474 g/mol. The van der Waals surface area contributed by atoms with Crippen molar-refractivity contribution in [3.63, 3.8) is 0 Å². The topological polar surface area (TPSA) is 66.6 Å². The van der Waals surface area contributed by atoms with Crippen LogP contribution in [0.25, 0.3) is 0 Å². The summed E-state index contributed by atoms with van der Waals surface area (Å²) in [6.45, 7) is 0. The summed E-state index contributed by atoms with van der Waals surface area (Å²) in [4.78, 5) is 0. The highest BCUT2D eigenvalue weighted by atomic mass is 16.3. The van der Waals surface area contributed by atoms with Gasteiger partial charge in [-0.1, -0.05) is 78.9 Å². The fraction of sp³-hybridized carbons (Fsp3) is 0.0333. The second-order valence-electron chi connectivity index (χ2n) is 7.64. The number of furan rings is 2. The van der Waals surface area contributed by atoms with Gasteiger partial charge in [0.25, 0.3) is 0 Å². The van der Waals surface area contributed by atoms with Crippen LogP contribution in [0.1, 0.15) is 22.3 Å². The average molecular weight is 475 g/mol. The predicted octanol–water partition coefficient (Wildman–Crippen LogP) is 6.90. The summed E-state index contributed by atoms with van der Waals surface area (Å²) < 4.78 is 9.94. The highest BCUT2D eigenvalue weighted by Crippen LogP contribution is 2.12. The summed E-state index contributed by atoms with van der Waals surface area (Å²) in [6.07, 6.45) is 9.96. The molecule has 0 aliphatic rings. The van der Waals surface area contributed by atoms with Crippen molar-refractivity contribution in [2.45, 2.75) is 0 Å². The molecule has 0 atom stereocenters. The van der Waals surface area contributed by atoms with E-state index in [2.05, 4.69) is 15.3 Å². The zero-order valence-electron chi connectivity index (χ0n) is 19.9. The van der Waals surface area contributed by atoms with Crippen molar-refractivity contribution in [3.05, 3.63) is 150 Å². The molecule has 0 radical (unpaired) electrons. The molecule has 0 aliphatic carbocycles. The van der Waals surface area contributed by atoms with Gasteiger partial charge in [-0.05, 0) is 24.3 Å². The lowest BCUT2D eigenvalue weighted by atomic mass is 10.0. The first-order valence-corrected chi connectivity index (χ1v) is 11.4. The second kappa shape index (κ2) is 13.1. The van der Waals surface area contributed by atoms with Crippen LogP contribution in [0, 0.1) is 0 Å². The Labute approximate surface area is 210 Å². The molecular weight excluding hydrogens is 448 g/mol. The van der Waals surface area contributed by atoms with Crippen molar-refractivity contribution in [2.24, 2.45) is 15.3 Å². The average Bonchev–Trinajstić information content (AvgIpc) is 3.66. The SMILES string of the molecule is C(=NN=C(c1ccccc1)c1ccccc1)c1ccoc1.CN(N=Cc1ccoc1)c1ccccc1. The van der Waals surface area contributed by atoms with E-state index in [4.69, 9.17) is 8.83 Å². The molecule has 0 amide bonds. The Bertz CT molecular complexity index is 1320. The lowest BCUT2D eigenvalue weighted by Crippen LogP contribution is -2.08. The first kappa shape index (κ1) is 24.2. The Balaban J connectivity index is 0.000000179. The van der Waals surface area contributed by atoms with E-state index in [9.17, 15) is 0 Å². The second-order valence-corrected chi connectivity index (χ2v) is 7.64. The number of anilines is 1. The van der Waals surface area contributed by atoms with Crippen LogP contribution in [0.4, 0.5) is 5.69 Å². The van der Waals surface area contributed by atoms with E-state index in [-0.39, 0.29) is 0 Å². The highest BCUT2D eigenvalue weighted by molar-refractivity contribution is 6.12. The summed E-state index contributed by atoms with van der Waals surface area (Å²) in [7, 11) is 1.91. The minimum atomic E-state index is 0.843. The van der Waals surface area contributed by atoms with Gasteiger partial charge in [-0.2, -0.15) is 10.2 Å². The number of nitrogens with zero attached hydrogens (tertiary/aromatic N) is 4. The van der Waals surface area contributed by atoms with Crippen LogP contribution >= 0.6 is 0 Å². The normalized spacial score (nSPS) is 10.7. The van der Waals surface area contributed by atoms with E-state index in [0.717, 1.165) is 33.7 Å². The lowest BCUT2D eigenvalue weighted by Gasteiger charge is -2.11. The molecule has 5 rings (SSSR count). The summed E-state index contributed by atoms with van der Waals surface area (Å²) in [5, 5.41) is 14.7. The van der Waals surface area contributed by atoms with Crippen LogP contribution in [0.15, 0.2) is 152 Å². The van der Waals surface area contributed by atoms with Crippen LogP contribution in [0.5, 0.6) is 0 Å². The largest absolute Gasteiger partial charge is 0.472 e. The van der Waals surface area contributed by atoms with Crippen LogP contribution in [0.3, 0.4) is 0 Å². The van der Waals surface area contributed by atoms with Crippen molar-refractivity contribution in [3.8, 4) is 0 Å². The fourth-order valence-corrected chi connectivity index (χ4v) is 3.19. The van der Waals surface area contributed by atoms with E-state index >= 15 is 0 Å². The van der Waals surface area contributed by atoms with Gasteiger partial charge in [0.1, 0.15) is 5.71 Å². The van der Waals surface area contributed by atoms with Gasteiger partial charge >= 0.3 is 0 Å². The van der Waals surface area contributed by atoms with Gasteiger partial charge in [0.05, 0.1) is 43.2 Å². The van der Waals surface area contributed by atoms with Gasteiger partial charge in [-0.15, -0.1) is 5.10 Å². The van der Waals surface area contributed by atoms with Crippen LogP contribution in [-0.2, 0) is 0 Å². The quantitative estimate of drug-likeness (QED) is 0.190. The van der Waals surface area contributed by atoms with Gasteiger partial charge in [0.2, 0.25) is 0 Å². The molecule has 2 aromatic heterocycles.